The zero-order chi connectivity index (χ0) is 14.7. The monoisotopic (exact) mass is 283 g/mol. The molecule has 1 atom stereocenters. The molecular weight excluding hydrogens is 262 g/mol. The second kappa shape index (κ2) is 6.12. The summed E-state index contributed by atoms with van der Waals surface area (Å²) in [7, 11) is 0. The first-order valence-electron chi connectivity index (χ1n) is 7.61. The lowest BCUT2D eigenvalue weighted by Gasteiger charge is -2.18. The van der Waals surface area contributed by atoms with Crippen molar-refractivity contribution in [3.63, 3.8) is 0 Å². The Morgan fingerprint density at radius 3 is 2.90 bits per heavy atom. The zero-order valence-corrected chi connectivity index (χ0v) is 12.4. The molecule has 0 saturated heterocycles. The van der Waals surface area contributed by atoms with Gasteiger partial charge in [-0.3, -0.25) is 4.79 Å². The molecule has 1 N–H and O–H groups in total. The lowest BCUT2D eigenvalue weighted by atomic mass is 9.90. The Morgan fingerprint density at radius 2 is 2.14 bits per heavy atom. The van der Waals surface area contributed by atoms with Crippen LogP contribution in [0.5, 0.6) is 0 Å². The van der Waals surface area contributed by atoms with Crippen LogP contribution in [-0.2, 0) is 19.4 Å². The van der Waals surface area contributed by atoms with Crippen molar-refractivity contribution in [1.29, 1.82) is 0 Å². The molecular formula is C17H21N3O. The van der Waals surface area contributed by atoms with Gasteiger partial charge in [-0.2, -0.15) is 0 Å². The molecule has 0 radical (unpaired) electrons. The van der Waals surface area contributed by atoms with Crippen molar-refractivity contribution in [1.82, 2.24) is 14.9 Å². The molecule has 0 aliphatic heterocycles. The molecule has 3 rings (SSSR count). The molecule has 1 heterocycles. The summed E-state index contributed by atoms with van der Waals surface area (Å²) in [6.07, 6.45) is 10.2. The molecule has 0 fully saturated rings. The van der Waals surface area contributed by atoms with Crippen LogP contribution in [0, 0.1) is 0 Å². The van der Waals surface area contributed by atoms with Crippen molar-refractivity contribution in [2.45, 2.75) is 45.2 Å². The first kappa shape index (κ1) is 13.9. The van der Waals surface area contributed by atoms with E-state index in [1.54, 1.807) is 12.5 Å². The second-order valence-electron chi connectivity index (χ2n) is 5.82. The Hall–Kier alpha value is -2.10. The van der Waals surface area contributed by atoms with E-state index in [0.29, 0.717) is 0 Å². The summed E-state index contributed by atoms with van der Waals surface area (Å²) >= 11 is 0. The SMILES string of the molecule is C[C@@H](Cn1ccnc1)NC(=O)c1ccc2c(c1)CCCC2. The summed E-state index contributed by atoms with van der Waals surface area (Å²) in [5.41, 5.74) is 3.52. The number of imidazole rings is 1. The first-order valence-corrected chi connectivity index (χ1v) is 7.61. The fraction of sp³-hybridized carbons (Fsp3) is 0.412. The minimum atomic E-state index is 0.0102. The third-order valence-electron chi connectivity index (χ3n) is 4.03. The largest absolute Gasteiger partial charge is 0.348 e. The van der Waals surface area contributed by atoms with Crippen LogP contribution in [-0.4, -0.2) is 21.5 Å². The Bertz CT molecular complexity index is 619. The average molecular weight is 283 g/mol. The van der Waals surface area contributed by atoms with E-state index in [-0.39, 0.29) is 11.9 Å². The van der Waals surface area contributed by atoms with Crippen molar-refractivity contribution < 1.29 is 4.79 Å². The number of fused-ring (bicyclic) bond motifs is 1. The maximum absolute atomic E-state index is 12.3. The minimum absolute atomic E-state index is 0.0102. The molecule has 1 aliphatic rings. The van der Waals surface area contributed by atoms with Crippen LogP contribution < -0.4 is 5.32 Å². The van der Waals surface area contributed by atoms with Crippen molar-refractivity contribution in [2.75, 3.05) is 0 Å². The summed E-state index contributed by atoms with van der Waals surface area (Å²) in [5.74, 6) is 0.0102. The zero-order valence-electron chi connectivity index (χ0n) is 12.4. The van der Waals surface area contributed by atoms with E-state index >= 15 is 0 Å². The van der Waals surface area contributed by atoms with Crippen LogP contribution in [0.25, 0.3) is 0 Å². The highest BCUT2D eigenvalue weighted by Crippen LogP contribution is 2.22. The number of amides is 1. The summed E-state index contributed by atoms with van der Waals surface area (Å²) in [5, 5.41) is 3.05. The van der Waals surface area contributed by atoms with Gasteiger partial charge in [0.05, 0.1) is 6.33 Å². The molecule has 4 nitrogen and oxygen atoms in total. The van der Waals surface area contributed by atoms with Crippen molar-refractivity contribution in [3.8, 4) is 0 Å². The highest BCUT2D eigenvalue weighted by atomic mass is 16.1. The Balaban J connectivity index is 1.64. The lowest BCUT2D eigenvalue weighted by molar-refractivity contribution is 0.0936. The molecule has 0 bridgehead atoms. The van der Waals surface area contributed by atoms with Crippen molar-refractivity contribution >= 4 is 5.91 Å². The van der Waals surface area contributed by atoms with E-state index in [1.165, 1.54) is 24.0 Å². The molecule has 0 saturated carbocycles. The first-order chi connectivity index (χ1) is 10.2. The molecule has 1 aromatic heterocycles. The number of nitrogens with zero attached hydrogens (tertiary/aromatic N) is 2. The van der Waals surface area contributed by atoms with E-state index in [9.17, 15) is 4.79 Å². The summed E-state index contributed by atoms with van der Waals surface area (Å²) < 4.78 is 1.97. The summed E-state index contributed by atoms with van der Waals surface area (Å²) in [4.78, 5) is 16.3. The predicted molar refractivity (Wildman–Crippen MR) is 82.2 cm³/mol. The number of nitrogens with one attached hydrogen (secondary N) is 1. The van der Waals surface area contributed by atoms with E-state index in [4.69, 9.17) is 0 Å². The van der Waals surface area contributed by atoms with E-state index in [0.717, 1.165) is 24.9 Å². The molecule has 4 heteroatoms. The standard InChI is InChI=1S/C17H21N3O/c1-13(11-20-9-8-18-12-20)19-17(21)16-7-6-14-4-2-3-5-15(14)10-16/h6-10,12-13H,2-5,11H2,1H3,(H,19,21)/t13-/m0/s1. The Kier molecular flexibility index (Phi) is 4.04. The van der Waals surface area contributed by atoms with Gasteiger partial charge in [0, 0.05) is 30.5 Å². The second-order valence-corrected chi connectivity index (χ2v) is 5.82. The minimum Gasteiger partial charge on any atom is -0.348 e. The van der Waals surface area contributed by atoms with Crippen LogP contribution in [0.15, 0.2) is 36.9 Å². The number of carbonyl (C=O) groups is 1. The molecule has 0 spiro atoms. The highest BCUT2D eigenvalue weighted by molar-refractivity contribution is 5.94. The number of rotatable bonds is 4. The van der Waals surface area contributed by atoms with Gasteiger partial charge in [0.2, 0.25) is 0 Å². The molecule has 0 unspecified atom stereocenters. The number of hydrogen-bond acceptors (Lipinski definition) is 2. The number of aryl methyl sites for hydroxylation is 2. The Labute approximate surface area is 125 Å². The van der Waals surface area contributed by atoms with Crippen LogP contribution >= 0.6 is 0 Å². The quantitative estimate of drug-likeness (QED) is 0.937. The van der Waals surface area contributed by atoms with Gasteiger partial charge in [-0.25, -0.2) is 4.98 Å². The molecule has 21 heavy (non-hydrogen) atoms. The van der Waals surface area contributed by atoms with Crippen LogP contribution in [0.2, 0.25) is 0 Å². The van der Waals surface area contributed by atoms with Crippen molar-refractivity contribution in [3.05, 3.63) is 53.6 Å². The number of hydrogen-bond donors (Lipinski definition) is 1. The fourth-order valence-corrected chi connectivity index (χ4v) is 2.94. The molecule has 1 aliphatic carbocycles. The van der Waals surface area contributed by atoms with Crippen LogP contribution in [0.4, 0.5) is 0 Å². The van der Waals surface area contributed by atoms with Gasteiger partial charge in [-0.1, -0.05) is 6.07 Å². The van der Waals surface area contributed by atoms with Gasteiger partial charge in [0.25, 0.3) is 5.91 Å². The van der Waals surface area contributed by atoms with Crippen molar-refractivity contribution in [2.24, 2.45) is 0 Å². The van der Waals surface area contributed by atoms with Gasteiger partial charge in [0.15, 0.2) is 0 Å². The van der Waals surface area contributed by atoms with Gasteiger partial charge in [-0.15, -0.1) is 0 Å². The maximum atomic E-state index is 12.3. The number of carbonyl (C=O) groups excluding carboxylic acids is 1. The third kappa shape index (κ3) is 3.32. The van der Waals surface area contributed by atoms with E-state index in [2.05, 4.69) is 22.4 Å². The fourth-order valence-electron chi connectivity index (χ4n) is 2.94. The third-order valence-corrected chi connectivity index (χ3v) is 4.03. The number of aromatic nitrogens is 2. The van der Waals surface area contributed by atoms with Gasteiger partial charge in [0.1, 0.15) is 0 Å². The molecule has 2 aromatic rings. The maximum Gasteiger partial charge on any atom is 0.251 e. The van der Waals surface area contributed by atoms with Crippen LogP contribution in [0.1, 0.15) is 41.3 Å². The lowest BCUT2D eigenvalue weighted by Crippen LogP contribution is -2.35. The summed E-state index contributed by atoms with van der Waals surface area (Å²) in [6.45, 7) is 2.74. The van der Waals surface area contributed by atoms with Gasteiger partial charge in [-0.05, 0) is 55.9 Å². The Morgan fingerprint density at radius 1 is 1.33 bits per heavy atom. The van der Waals surface area contributed by atoms with Gasteiger partial charge >= 0.3 is 0 Å². The molecule has 1 aromatic carbocycles. The average Bonchev–Trinajstić information content (AvgIpc) is 2.99. The van der Waals surface area contributed by atoms with E-state index < -0.39 is 0 Å². The number of benzene rings is 1. The normalized spacial score (nSPS) is 15.3. The van der Waals surface area contributed by atoms with Crippen LogP contribution in [0.3, 0.4) is 0 Å². The smallest absolute Gasteiger partial charge is 0.251 e. The predicted octanol–water partition coefficient (Wildman–Crippen LogP) is 2.58. The summed E-state index contributed by atoms with van der Waals surface area (Å²) in [6, 6.07) is 6.20. The topological polar surface area (TPSA) is 46.9 Å². The molecule has 110 valence electrons. The van der Waals surface area contributed by atoms with Gasteiger partial charge < -0.3 is 9.88 Å². The highest BCUT2D eigenvalue weighted by Gasteiger charge is 2.14. The molecule has 1 amide bonds. The van der Waals surface area contributed by atoms with E-state index in [1.807, 2.05) is 23.8 Å².